The van der Waals surface area contributed by atoms with Gasteiger partial charge in [-0.3, -0.25) is 0 Å². The third-order valence-corrected chi connectivity index (χ3v) is 2.41. The maximum Gasteiger partial charge on any atom is 0.338 e. The molecule has 6 heteroatoms. The lowest BCUT2D eigenvalue weighted by atomic mass is 10.2. The number of azide groups is 1. The average molecular weight is 303 g/mol. The number of hydrogen-bond donors (Lipinski definition) is 0. The molecule has 0 amide bonds. The maximum absolute atomic E-state index is 11.3. The third kappa shape index (κ3) is 2.15. The average Bonchev–Trinajstić information content (AvgIpc) is 2.20. The Hall–Kier alpha value is -1.27. The maximum atomic E-state index is 11.3. The van der Waals surface area contributed by atoms with Gasteiger partial charge in [-0.15, -0.1) is 0 Å². The summed E-state index contributed by atoms with van der Waals surface area (Å²) in [5.41, 5.74) is 8.91. The molecule has 0 saturated heterocycles. The second-order valence-corrected chi connectivity index (χ2v) is 3.48. The van der Waals surface area contributed by atoms with Crippen molar-refractivity contribution in [3.63, 3.8) is 0 Å². The lowest BCUT2D eigenvalue weighted by Gasteiger charge is -2.03. The molecule has 0 radical (unpaired) electrons. The van der Waals surface area contributed by atoms with Crippen LogP contribution in [0.15, 0.2) is 23.3 Å². The van der Waals surface area contributed by atoms with E-state index in [1.807, 2.05) is 22.6 Å². The van der Waals surface area contributed by atoms with Crippen molar-refractivity contribution in [1.82, 2.24) is 0 Å². The number of benzene rings is 1. The van der Waals surface area contributed by atoms with Crippen molar-refractivity contribution in [2.24, 2.45) is 5.11 Å². The van der Waals surface area contributed by atoms with Gasteiger partial charge in [0.25, 0.3) is 0 Å². The molecule has 0 heterocycles. The molecule has 72 valence electrons. The van der Waals surface area contributed by atoms with Gasteiger partial charge < -0.3 is 4.74 Å². The summed E-state index contributed by atoms with van der Waals surface area (Å²) in [7, 11) is 1.28. The van der Waals surface area contributed by atoms with Gasteiger partial charge in [0.15, 0.2) is 0 Å². The van der Waals surface area contributed by atoms with Gasteiger partial charge in [-0.25, -0.2) is 4.79 Å². The first kappa shape index (κ1) is 10.8. The Morgan fingerprint density at radius 3 is 2.93 bits per heavy atom. The minimum absolute atomic E-state index is 0.275. The van der Waals surface area contributed by atoms with Gasteiger partial charge in [-0.05, 0) is 40.3 Å². The molecule has 0 aliphatic heterocycles. The SMILES string of the molecule is COC(=O)c1cccc(I)c1N=[N+]=[N-]. The Labute approximate surface area is 93.8 Å². The molecule has 1 rings (SSSR count). The van der Waals surface area contributed by atoms with E-state index in [1.165, 1.54) is 7.11 Å². The van der Waals surface area contributed by atoms with Crippen LogP contribution in [-0.4, -0.2) is 13.1 Å². The lowest BCUT2D eigenvalue weighted by molar-refractivity contribution is 0.0601. The molecule has 0 N–H and O–H groups in total. The number of halogens is 1. The Morgan fingerprint density at radius 1 is 1.64 bits per heavy atom. The summed E-state index contributed by atoms with van der Waals surface area (Å²) < 4.78 is 5.26. The van der Waals surface area contributed by atoms with Crippen LogP contribution in [-0.2, 0) is 4.74 Å². The quantitative estimate of drug-likeness (QED) is 0.277. The number of carbonyl (C=O) groups excluding carboxylic acids is 1. The van der Waals surface area contributed by atoms with Crippen molar-refractivity contribution in [3.05, 3.63) is 37.8 Å². The summed E-state index contributed by atoms with van der Waals surface area (Å²) in [6.07, 6.45) is 0. The van der Waals surface area contributed by atoms with Crippen LogP contribution in [0.3, 0.4) is 0 Å². The van der Waals surface area contributed by atoms with Crippen LogP contribution in [0.1, 0.15) is 10.4 Å². The van der Waals surface area contributed by atoms with Gasteiger partial charge in [0.05, 0.1) is 18.4 Å². The highest BCUT2D eigenvalue weighted by Crippen LogP contribution is 2.26. The number of hydrogen-bond acceptors (Lipinski definition) is 3. The lowest BCUT2D eigenvalue weighted by Crippen LogP contribution is -2.01. The van der Waals surface area contributed by atoms with Gasteiger partial charge in [-0.2, -0.15) is 0 Å². The fourth-order valence-electron chi connectivity index (χ4n) is 0.936. The van der Waals surface area contributed by atoms with Crippen LogP contribution in [0.4, 0.5) is 5.69 Å². The van der Waals surface area contributed by atoms with Crippen molar-refractivity contribution < 1.29 is 9.53 Å². The van der Waals surface area contributed by atoms with Gasteiger partial charge in [0, 0.05) is 8.48 Å². The number of nitrogens with zero attached hydrogens (tertiary/aromatic N) is 3. The monoisotopic (exact) mass is 303 g/mol. The molecule has 0 aliphatic rings. The van der Waals surface area contributed by atoms with Crippen LogP contribution < -0.4 is 0 Å². The first-order valence-corrected chi connectivity index (χ1v) is 4.70. The van der Waals surface area contributed by atoms with E-state index in [-0.39, 0.29) is 5.56 Å². The molecule has 5 nitrogen and oxygen atoms in total. The molecule has 1 aromatic carbocycles. The molecule has 14 heavy (non-hydrogen) atoms. The smallest absolute Gasteiger partial charge is 0.338 e. The number of esters is 1. The van der Waals surface area contributed by atoms with Crippen LogP contribution >= 0.6 is 22.6 Å². The minimum Gasteiger partial charge on any atom is -0.465 e. The Kier molecular flexibility index (Phi) is 3.73. The van der Waals surface area contributed by atoms with Crippen LogP contribution in [0, 0.1) is 3.57 Å². The van der Waals surface area contributed by atoms with E-state index in [0.29, 0.717) is 9.26 Å². The predicted molar refractivity (Wildman–Crippen MR) is 59.3 cm³/mol. The largest absolute Gasteiger partial charge is 0.465 e. The summed E-state index contributed by atoms with van der Waals surface area (Å²) in [5.74, 6) is -0.508. The van der Waals surface area contributed by atoms with Crippen molar-refractivity contribution in [1.29, 1.82) is 0 Å². The van der Waals surface area contributed by atoms with E-state index in [9.17, 15) is 4.79 Å². The molecule has 0 unspecified atom stereocenters. The zero-order chi connectivity index (χ0) is 10.6. The highest BCUT2D eigenvalue weighted by Gasteiger charge is 2.12. The first-order valence-electron chi connectivity index (χ1n) is 3.62. The van der Waals surface area contributed by atoms with Crippen molar-refractivity contribution in [2.75, 3.05) is 7.11 Å². The molecule has 0 aromatic heterocycles. The molecule has 1 aromatic rings. The van der Waals surface area contributed by atoms with Gasteiger partial charge >= 0.3 is 5.97 Å². The first-order chi connectivity index (χ1) is 6.70. The normalized spacial score (nSPS) is 9.00. The van der Waals surface area contributed by atoms with Crippen molar-refractivity contribution in [3.8, 4) is 0 Å². The van der Waals surface area contributed by atoms with Gasteiger partial charge in [0.2, 0.25) is 0 Å². The summed E-state index contributed by atoms with van der Waals surface area (Å²) in [5, 5.41) is 3.45. The molecule has 0 aliphatic carbocycles. The van der Waals surface area contributed by atoms with E-state index >= 15 is 0 Å². The summed E-state index contributed by atoms with van der Waals surface area (Å²) >= 11 is 1.99. The summed E-state index contributed by atoms with van der Waals surface area (Å²) in [4.78, 5) is 13.9. The molecule has 0 atom stereocenters. The summed E-state index contributed by atoms with van der Waals surface area (Å²) in [6.45, 7) is 0. The molecule has 0 bridgehead atoms. The van der Waals surface area contributed by atoms with Crippen molar-refractivity contribution >= 4 is 34.2 Å². The van der Waals surface area contributed by atoms with E-state index in [0.717, 1.165) is 0 Å². The topological polar surface area (TPSA) is 75.1 Å². The molecular formula is C8H6IN3O2. The Bertz CT molecular complexity index is 413. The molecular weight excluding hydrogens is 297 g/mol. The fourth-order valence-corrected chi connectivity index (χ4v) is 1.54. The van der Waals surface area contributed by atoms with Crippen LogP contribution in [0.5, 0.6) is 0 Å². The van der Waals surface area contributed by atoms with E-state index < -0.39 is 5.97 Å². The molecule has 0 fully saturated rings. The van der Waals surface area contributed by atoms with Crippen LogP contribution in [0.25, 0.3) is 10.4 Å². The number of methoxy groups -OCH3 is 1. The highest BCUT2D eigenvalue weighted by atomic mass is 127. The predicted octanol–water partition coefficient (Wildman–Crippen LogP) is 3.02. The molecule has 0 saturated carbocycles. The molecule has 0 spiro atoms. The van der Waals surface area contributed by atoms with Crippen LogP contribution in [0.2, 0.25) is 0 Å². The highest BCUT2D eigenvalue weighted by molar-refractivity contribution is 14.1. The Morgan fingerprint density at radius 2 is 2.36 bits per heavy atom. The number of carbonyl (C=O) groups is 1. The van der Waals surface area contributed by atoms with E-state index in [1.54, 1.807) is 18.2 Å². The standard InChI is InChI=1S/C8H6IN3O2/c1-14-8(13)5-3-2-4-6(9)7(5)11-12-10/h2-4H,1H3. The zero-order valence-electron chi connectivity index (χ0n) is 7.27. The zero-order valence-corrected chi connectivity index (χ0v) is 9.43. The third-order valence-electron chi connectivity index (χ3n) is 1.54. The number of rotatable bonds is 2. The number of ether oxygens (including phenoxy) is 1. The fraction of sp³-hybridized carbons (Fsp3) is 0.125. The summed E-state index contributed by atoms with van der Waals surface area (Å²) in [6, 6.07) is 5.00. The van der Waals surface area contributed by atoms with E-state index in [2.05, 4.69) is 14.8 Å². The Balaban J connectivity index is 3.34. The second kappa shape index (κ2) is 4.83. The van der Waals surface area contributed by atoms with E-state index in [4.69, 9.17) is 5.53 Å². The van der Waals surface area contributed by atoms with Gasteiger partial charge in [-0.1, -0.05) is 11.2 Å². The van der Waals surface area contributed by atoms with Crippen molar-refractivity contribution in [2.45, 2.75) is 0 Å². The van der Waals surface area contributed by atoms with Gasteiger partial charge in [0.1, 0.15) is 0 Å². The second-order valence-electron chi connectivity index (χ2n) is 2.32. The minimum atomic E-state index is -0.508.